The maximum absolute atomic E-state index is 13.8. The Hall–Kier alpha value is -1.86. The van der Waals surface area contributed by atoms with Crippen molar-refractivity contribution in [1.29, 1.82) is 0 Å². The molecule has 4 nitrogen and oxygen atoms in total. The number of rotatable bonds is 6. The lowest BCUT2D eigenvalue weighted by molar-refractivity contribution is -0.121. The Balaban J connectivity index is 1.40. The van der Waals surface area contributed by atoms with E-state index in [0.717, 1.165) is 9.37 Å². The Morgan fingerprint density at radius 1 is 1.11 bits per heavy atom. The predicted octanol–water partition coefficient (Wildman–Crippen LogP) is 4.49. The topological polar surface area (TPSA) is 49.4 Å². The fraction of sp³-hybridized carbons (Fsp3) is 0.333. The van der Waals surface area contributed by atoms with Gasteiger partial charge in [0, 0.05) is 40.7 Å². The summed E-state index contributed by atoms with van der Waals surface area (Å²) in [5.74, 6) is -0.0457. The fourth-order valence-electron chi connectivity index (χ4n) is 3.15. The monoisotopic (exact) mass is 464 g/mol. The largest absolute Gasteiger partial charge is 0.353 e. The van der Waals surface area contributed by atoms with Crippen LogP contribution in [0.25, 0.3) is 0 Å². The number of nitrogens with one attached hydrogen (secondary N) is 1. The number of nitrogens with zero attached hydrogens (tertiary/aromatic N) is 1. The number of carbonyl (C=O) groups is 2. The first-order chi connectivity index (χ1) is 13.5. The van der Waals surface area contributed by atoms with Crippen LogP contribution < -0.4 is 5.32 Å². The molecular formula is C21H22BrFN2O2S. The van der Waals surface area contributed by atoms with Crippen LogP contribution in [0.1, 0.15) is 29.6 Å². The Bertz CT molecular complexity index is 841. The molecule has 0 aromatic heterocycles. The van der Waals surface area contributed by atoms with Crippen molar-refractivity contribution >= 4 is 39.5 Å². The standard InChI is InChI=1S/C21H22BrFN2O2S/c22-17-6-2-4-8-19(17)28-14-11-20(26)24-15-9-12-25(13-10-15)21(27)16-5-1-3-7-18(16)23/h1-8,15H,9-14H2,(H,24,26). The average Bonchev–Trinajstić information content (AvgIpc) is 2.70. The van der Waals surface area contributed by atoms with Crippen molar-refractivity contribution in [3.05, 3.63) is 64.4 Å². The van der Waals surface area contributed by atoms with E-state index < -0.39 is 5.82 Å². The smallest absolute Gasteiger partial charge is 0.256 e. The van der Waals surface area contributed by atoms with Gasteiger partial charge in [-0.2, -0.15) is 0 Å². The molecule has 1 aliphatic heterocycles. The zero-order valence-corrected chi connectivity index (χ0v) is 17.8. The zero-order chi connectivity index (χ0) is 19.9. The highest BCUT2D eigenvalue weighted by Gasteiger charge is 2.25. The van der Waals surface area contributed by atoms with Crippen LogP contribution in [0.4, 0.5) is 4.39 Å². The Morgan fingerprint density at radius 3 is 2.50 bits per heavy atom. The zero-order valence-electron chi connectivity index (χ0n) is 15.4. The molecule has 1 N–H and O–H groups in total. The summed E-state index contributed by atoms with van der Waals surface area (Å²) in [6, 6.07) is 14.0. The Morgan fingerprint density at radius 2 is 1.79 bits per heavy atom. The van der Waals surface area contributed by atoms with Crippen LogP contribution >= 0.6 is 27.7 Å². The van der Waals surface area contributed by atoms with Gasteiger partial charge in [-0.1, -0.05) is 24.3 Å². The van der Waals surface area contributed by atoms with E-state index in [1.54, 1.807) is 28.8 Å². The average molecular weight is 465 g/mol. The molecule has 148 valence electrons. The Labute approximate surface area is 177 Å². The molecular weight excluding hydrogens is 443 g/mol. The van der Waals surface area contributed by atoms with Gasteiger partial charge in [-0.25, -0.2) is 4.39 Å². The lowest BCUT2D eigenvalue weighted by Crippen LogP contribution is -2.46. The van der Waals surface area contributed by atoms with Crippen molar-refractivity contribution < 1.29 is 14.0 Å². The first-order valence-electron chi connectivity index (χ1n) is 9.25. The first kappa shape index (κ1) is 20.9. The van der Waals surface area contributed by atoms with Crippen molar-refractivity contribution in [2.24, 2.45) is 0 Å². The first-order valence-corrected chi connectivity index (χ1v) is 11.0. The van der Waals surface area contributed by atoms with Gasteiger partial charge < -0.3 is 10.2 Å². The van der Waals surface area contributed by atoms with E-state index >= 15 is 0 Å². The molecule has 0 aliphatic carbocycles. The van der Waals surface area contributed by atoms with E-state index in [1.807, 2.05) is 24.3 Å². The van der Waals surface area contributed by atoms with E-state index in [-0.39, 0.29) is 23.4 Å². The summed E-state index contributed by atoms with van der Waals surface area (Å²) in [6.45, 7) is 1.04. The van der Waals surface area contributed by atoms with Crippen molar-refractivity contribution in [3.63, 3.8) is 0 Å². The summed E-state index contributed by atoms with van der Waals surface area (Å²) in [7, 11) is 0. The van der Waals surface area contributed by atoms with Crippen LogP contribution in [0, 0.1) is 5.82 Å². The molecule has 0 bridgehead atoms. The minimum Gasteiger partial charge on any atom is -0.353 e. The van der Waals surface area contributed by atoms with Gasteiger partial charge in [-0.05, 0) is 53.0 Å². The molecule has 0 radical (unpaired) electrons. The molecule has 0 atom stereocenters. The molecule has 0 saturated carbocycles. The molecule has 1 aliphatic rings. The van der Waals surface area contributed by atoms with Crippen LogP contribution in [-0.2, 0) is 4.79 Å². The van der Waals surface area contributed by atoms with Crippen molar-refractivity contribution in [2.75, 3.05) is 18.8 Å². The van der Waals surface area contributed by atoms with Gasteiger partial charge in [0.1, 0.15) is 5.82 Å². The predicted molar refractivity (Wildman–Crippen MR) is 113 cm³/mol. The van der Waals surface area contributed by atoms with Crippen molar-refractivity contribution in [3.8, 4) is 0 Å². The lowest BCUT2D eigenvalue weighted by Gasteiger charge is -2.32. The minimum absolute atomic E-state index is 0.0263. The van der Waals surface area contributed by atoms with Crippen LogP contribution in [0.2, 0.25) is 0 Å². The summed E-state index contributed by atoms with van der Waals surface area (Å²) in [6.07, 6.45) is 1.81. The maximum atomic E-state index is 13.8. The molecule has 1 fully saturated rings. The molecule has 1 heterocycles. The maximum Gasteiger partial charge on any atom is 0.256 e. The van der Waals surface area contributed by atoms with Crippen molar-refractivity contribution in [1.82, 2.24) is 10.2 Å². The summed E-state index contributed by atoms with van der Waals surface area (Å²) in [5, 5.41) is 3.05. The number of thioether (sulfide) groups is 1. The second kappa shape index (κ2) is 10.1. The summed E-state index contributed by atoms with van der Waals surface area (Å²) in [5.41, 5.74) is 0.106. The number of piperidine rings is 1. The second-order valence-corrected chi connectivity index (χ2v) is 8.63. The highest BCUT2D eigenvalue weighted by Crippen LogP contribution is 2.27. The van der Waals surface area contributed by atoms with Gasteiger partial charge >= 0.3 is 0 Å². The molecule has 0 unspecified atom stereocenters. The number of likely N-dealkylation sites (tertiary alicyclic amines) is 1. The van der Waals surface area contributed by atoms with Gasteiger partial charge in [0.05, 0.1) is 5.56 Å². The highest BCUT2D eigenvalue weighted by atomic mass is 79.9. The van der Waals surface area contributed by atoms with Crippen LogP contribution in [0.5, 0.6) is 0 Å². The van der Waals surface area contributed by atoms with Crippen LogP contribution in [0.15, 0.2) is 57.9 Å². The number of carbonyl (C=O) groups excluding carboxylic acids is 2. The third-order valence-electron chi connectivity index (χ3n) is 4.67. The Kier molecular flexibility index (Phi) is 7.50. The number of hydrogen-bond acceptors (Lipinski definition) is 3. The van der Waals surface area contributed by atoms with Gasteiger partial charge in [0.15, 0.2) is 0 Å². The minimum atomic E-state index is -0.495. The number of hydrogen-bond donors (Lipinski definition) is 1. The van der Waals surface area contributed by atoms with Gasteiger partial charge in [0.25, 0.3) is 5.91 Å². The molecule has 28 heavy (non-hydrogen) atoms. The number of benzene rings is 2. The molecule has 2 amide bonds. The molecule has 2 aromatic rings. The second-order valence-electron chi connectivity index (χ2n) is 6.64. The van der Waals surface area contributed by atoms with Crippen LogP contribution in [0.3, 0.4) is 0 Å². The molecule has 0 spiro atoms. The van der Waals surface area contributed by atoms with E-state index in [1.165, 1.54) is 12.1 Å². The summed E-state index contributed by atoms with van der Waals surface area (Å²) < 4.78 is 14.8. The third kappa shape index (κ3) is 5.58. The van der Waals surface area contributed by atoms with Gasteiger partial charge in [0.2, 0.25) is 5.91 Å². The van der Waals surface area contributed by atoms with E-state index in [9.17, 15) is 14.0 Å². The normalized spacial score (nSPS) is 14.7. The fourth-order valence-corrected chi connectivity index (χ4v) is 4.66. The number of halogens is 2. The SMILES string of the molecule is O=C(CCSc1ccccc1Br)NC1CCN(C(=O)c2ccccc2F)CC1. The quantitative estimate of drug-likeness (QED) is 0.640. The van der Waals surface area contributed by atoms with Crippen molar-refractivity contribution in [2.45, 2.75) is 30.2 Å². The molecule has 7 heteroatoms. The highest BCUT2D eigenvalue weighted by molar-refractivity contribution is 9.10. The van der Waals surface area contributed by atoms with E-state index in [2.05, 4.69) is 21.2 Å². The summed E-state index contributed by atoms with van der Waals surface area (Å²) >= 11 is 5.15. The van der Waals surface area contributed by atoms with E-state index in [0.29, 0.717) is 38.1 Å². The molecule has 2 aromatic carbocycles. The van der Waals surface area contributed by atoms with Gasteiger partial charge in [-0.15, -0.1) is 11.8 Å². The lowest BCUT2D eigenvalue weighted by atomic mass is 10.0. The van der Waals surface area contributed by atoms with Gasteiger partial charge in [-0.3, -0.25) is 9.59 Å². The third-order valence-corrected chi connectivity index (χ3v) is 6.70. The number of amides is 2. The summed E-state index contributed by atoms with van der Waals surface area (Å²) in [4.78, 5) is 27.4. The van der Waals surface area contributed by atoms with Crippen LogP contribution in [-0.4, -0.2) is 41.6 Å². The van der Waals surface area contributed by atoms with E-state index in [4.69, 9.17) is 0 Å². The molecule has 3 rings (SSSR count). The molecule has 1 saturated heterocycles.